The Morgan fingerprint density at radius 2 is 0.836 bits per heavy atom. The summed E-state index contributed by atoms with van der Waals surface area (Å²) in [4.78, 5) is 46.1. The van der Waals surface area contributed by atoms with Crippen molar-refractivity contribution in [1.82, 2.24) is 9.80 Å². The number of hydrogen-bond donors (Lipinski definition) is 3. The molecule has 17 heteroatoms. The third kappa shape index (κ3) is 10.9. The highest BCUT2D eigenvalue weighted by molar-refractivity contribution is 5.96. The van der Waals surface area contributed by atoms with Gasteiger partial charge in [0.2, 0.25) is 5.91 Å². The van der Waals surface area contributed by atoms with Crippen LogP contribution in [0.25, 0.3) is 0 Å². The fourth-order valence-electron chi connectivity index (χ4n) is 8.85. The first-order valence-electron chi connectivity index (χ1n) is 22.4. The quantitative estimate of drug-likeness (QED) is 0.127. The fourth-order valence-corrected chi connectivity index (χ4v) is 8.85. The second-order valence-electron chi connectivity index (χ2n) is 18.2. The predicted octanol–water partition coefficient (Wildman–Crippen LogP) is 8.43. The topological polar surface area (TPSA) is 154 Å². The number of nitrogens with zero attached hydrogens (tertiary/aromatic N) is 5. The summed E-state index contributed by atoms with van der Waals surface area (Å²) in [6.07, 6.45) is -2.80. The minimum atomic E-state index is -4.81. The van der Waals surface area contributed by atoms with E-state index in [1.807, 2.05) is 34.1 Å². The Bertz CT molecular complexity index is 2410. The van der Waals surface area contributed by atoms with Crippen molar-refractivity contribution in [1.29, 1.82) is 5.26 Å². The summed E-state index contributed by atoms with van der Waals surface area (Å²) >= 11 is 0. The highest BCUT2D eigenvalue weighted by Gasteiger charge is 2.52. The van der Waals surface area contributed by atoms with Gasteiger partial charge in [0.1, 0.15) is 0 Å². The number of anilines is 2. The standard InChI is InChI=1S/C25H28F3N3O3.C25H26F3N3O2/c1-24(34,25(26,27)28)18-6-2-17(3-7-18)23(33)31(20-10-11-20)21-12-14-30(15-13-21)19-8-4-16(5-9-19)22(29)32;1-24(33,25(26,27)28)19-6-4-18(5-7-19)23(32)31(21-10-11-21)22-12-14-30(15-13-22)20-8-2-17(16-29)3-9-20/h2-9,20-21,34H,10-15H2,1H3,(H2,29,32);2-9,21-22,33H,10-15H2,1H3/t2*24-/m00/s1. The van der Waals surface area contributed by atoms with Crippen LogP contribution in [0.3, 0.4) is 0 Å². The van der Waals surface area contributed by atoms with E-state index in [-0.39, 0.29) is 47.1 Å². The number of carbonyl (C=O) groups is 3. The second kappa shape index (κ2) is 19.2. The smallest absolute Gasteiger partial charge is 0.376 e. The number of halogens is 6. The molecule has 0 unspecified atom stereocenters. The van der Waals surface area contributed by atoms with E-state index >= 15 is 0 Å². The van der Waals surface area contributed by atoms with E-state index in [1.54, 1.807) is 24.3 Å². The fraction of sp³-hybridized carbons (Fsp3) is 0.440. The Labute approximate surface area is 385 Å². The molecule has 0 aromatic heterocycles. The van der Waals surface area contributed by atoms with Crippen molar-refractivity contribution in [3.8, 4) is 6.07 Å². The summed E-state index contributed by atoms with van der Waals surface area (Å²) < 4.78 is 78.7. The van der Waals surface area contributed by atoms with Gasteiger partial charge in [-0.25, -0.2) is 0 Å². The lowest BCUT2D eigenvalue weighted by molar-refractivity contribution is -0.259. The molecule has 4 fully saturated rings. The molecule has 4 aliphatic rings. The molecule has 2 aliphatic carbocycles. The average molecular weight is 933 g/mol. The van der Waals surface area contributed by atoms with Gasteiger partial charge in [-0.1, -0.05) is 24.3 Å². The minimum Gasteiger partial charge on any atom is -0.376 e. The van der Waals surface area contributed by atoms with Crippen molar-refractivity contribution in [2.24, 2.45) is 5.73 Å². The summed E-state index contributed by atoms with van der Waals surface area (Å²) in [6.45, 7) is 4.45. The molecule has 356 valence electrons. The molecule has 2 heterocycles. The van der Waals surface area contributed by atoms with Gasteiger partial charge in [-0.15, -0.1) is 0 Å². The Morgan fingerprint density at radius 1 is 0.537 bits per heavy atom. The monoisotopic (exact) mass is 932 g/mol. The minimum absolute atomic E-state index is 0.0408. The first-order valence-corrected chi connectivity index (χ1v) is 22.4. The third-order valence-corrected chi connectivity index (χ3v) is 13.4. The van der Waals surface area contributed by atoms with Crippen molar-refractivity contribution in [3.05, 3.63) is 130 Å². The van der Waals surface area contributed by atoms with Gasteiger partial charge in [-0.3, -0.25) is 14.4 Å². The van der Waals surface area contributed by atoms with E-state index in [2.05, 4.69) is 15.9 Å². The Hall–Kier alpha value is -6.12. The van der Waals surface area contributed by atoms with Crippen LogP contribution in [0.4, 0.5) is 37.7 Å². The van der Waals surface area contributed by atoms with Crippen molar-refractivity contribution >= 4 is 29.1 Å². The number of benzene rings is 4. The molecular weight excluding hydrogens is 879 g/mol. The molecule has 2 atom stereocenters. The summed E-state index contributed by atoms with van der Waals surface area (Å²) in [7, 11) is 0. The summed E-state index contributed by atoms with van der Waals surface area (Å²) in [5, 5.41) is 28.7. The number of primary amides is 1. The Balaban J connectivity index is 0.000000199. The third-order valence-electron chi connectivity index (χ3n) is 13.4. The van der Waals surface area contributed by atoms with E-state index in [0.717, 1.165) is 88.9 Å². The molecule has 4 aromatic carbocycles. The van der Waals surface area contributed by atoms with Crippen LogP contribution in [-0.4, -0.2) is 100 Å². The highest BCUT2D eigenvalue weighted by atomic mass is 19.4. The van der Waals surface area contributed by atoms with Crippen LogP contribution in [-0.2, 0) is 11.2 Å². The van der Waals surface area contributed by atoms with Gasteiger partial charge in [0.05, 0.1) is 11.6 Å². The molecule has 0 bridgehead atoms. The van der Waals surface area contributed by atoms with Crippen LogP contribution in [0.15, 0.2) is 97.1 Å². The molecule has 8 rings (SSSR count). The highest BCUT2D eigenvalue weighted by Crippen LogP contribution is 2.41. The van der Waals surface area contributed by atoms with Gasteiger partial charge in [0, 0.05) is 78.4 Å². The molecular formula is C50H54F6N6O5. The van der Waals surface area contributed by atoms with Gasteiger partial charge in [-0.05, 0) is 149 Å². The number of rotatable bonds is 11. The molecule has 3 amide bonds. The number of alkyl halides is 6. The summed E-state index contributed by atoms with van der Waals surface area (Å²) in [5.41, 5.74) is 2.50. The van der Waals surface area contributed by atoms with Gasteiger partial charge in [0.15, 0.2) is 11.2 Å². The van der Waals surface area contributed by atoms with Crippen molar-refractivity contribution < 1.29 is 50.9 Å². The maximum absolute atomic E-state index is 13.3. The Morgan fingerprint density at radius 3 is 1.12 bits per heavy atom. The lowest BCUT2D eigenvalue weighted by Gasteiger charge is -2.40. The largest absolute Gasteiger partial charge is 0.421 e. The SMILES string of the molecule is C[C@](O)(c1ccc(C(=O)N(C2CC2)C2CCN(c3ccc(C#N)cc3)CC2)cc1)C(F)(F)F.C[C@](O)(c1ccc(C(=O)N(C2CC2)C2CCN(c3ccc(C(N)=O)cc3)CC2)cc1)C(F)(F)F. The van der Waals surface area contributed by atoms with Crippen LogP contribution in [0.2, 0.25) is 0 Å². The van der Waals surface area contributed by atoms with Crippen LogP contribution in [0.5, 0.6) is 0 Å². The van der Waals surface area contributed by atoms with Crippen molar-refractivity contribution in [3.63, 3.8) is 0 Å². The van der Waals surface area contributed by atoms with Crippen molar-refractivity contribution in [2.45, 2.75) is 113 Å². The molecule has 67 heavy (non-hydrogen) atoms. The van der Waals surface area contributed by atoms with E-state index in [4.69, 9.17) is 11.0 Å². The van der Waals surface area contributed by atoms with Crippen LogP contribution in [0.1, 0.15) is 113 Å². The number of nitriles is 1. The molecule has 0 spiro atoms. The van der Waals surface area contributed by atoms with Crippen LogP contribution in [0, 0.1) is 11.3 Å². The van der Waals surface area contributed by atoms with E-state index in [9.17, 15) is 50.9 Å². The molecule has 2 saturated heterocycles. The molecule has 2 saturated carbocycles. The number of aliphatic hydroxyl groups is 2. The van der Waals surface area contributed by atoms with Gasteiger partial charge in [0.25, 0.3) is 11.8 Å². The normalized spacial score (nSPS) is 18.9. The molecule has 4 aromatic rings. The predicted molar refractivity (Wildman–Crippen MR) is 239 cm³/mol. The maximum atomic E-state index is 13.3. The van der Waals surface area contributed by atoms with E-state index in [0.29, 0.717) is 36.1 Å². The van der Waals surface area contributed by atoms with Crippen LogP contribution < -0.4 is 15.5 Å². The number of carbonyl (C=O) groups excluding carboxylic acids is 3. The van der Waals surface area contributed by atoms with Gasteiger partial charge in [-0.2, -0.15) is 31.6 Å². The molecule has 2 aliphatic heterocycles. The summed E-state index contributed by atoms with van der Waals surface area (Å²) in [6, 6.07) is 27.3. The molecule has 0 radical (unpaired) electrons. The second-order valence-corrected chi connectivity index (χ2v) is 18.2. The van der Waals surface area contributed by atoms with E-state index < -0.39 is 29.5 Å². The number of piperidine rings is 2. The lowest BCUT2D eigenvalue weighted by Crippen LogP contribution is -2.48. The zero-order chi connectivity index (χ0) is 48.5. The first kappa shape index (κ1) is 48.8. The number of nitrogens with two attached hydrogens (primary N) is 1. The van der Waals surface area contributed by atoms with Gasteiger partial charge >= 0.3 is 12.4 Å². The van der Waals surface area contributed by atoms with Gasteiger partial charge < -0.3 is 35.5 Å². The molecule has 4 N–H and O–H groups in total. The number of hydrogen-bond acceptors (Lipinski definition) is 8. The first-order chi connectivity index (χ1) is 31.6. The summed E-state index contributed by atoms with van der Waals surface area (Å²) in [5.74, 6) is -0.837. The maximum Gasteiger partial charge on any atom is 0.421 e. The van der Waals surface area contributed by atoms with E-state index in [1.165, 1.54) is 48.5 Å². The zero-order valence-electron chi connectivity index (χ0n) is 37.2. The Kier molecular flexibility index (Phi) is 14.0. The zero-order valence-corrected chi connectivity index (χ0v) is 37.2. The van der Waals surface area contributed by atoms with Crippen molar-refractivity contribution in [2.75, 3.05) is 36.0 Å². The van der Waals surface area contributed by atoms with Crippen LogP contribution >= 0.6 is 0 Å². The average Bonchev–Trinajstić information content (AvgIpc) is 4.27. The molecule has 11 nitrogen and oxygen atoms in total. The lowest BCUT2D eigenvalue weighted by atomic mass is 9.94. The number of amides is 3.